The summed E-state index contributed by atoms with van der Waals surface area (Å²) in [6.45, 7) is 6.35. The maximum atomic E-state index is 13.2. The Kier molecular flexibility index (Phi) is 7.62. The summed E-state index contributed by atoms with van der Waals surface area (Å²) in [7, 11) is 1.65. The lowest BCUT2D eigenvalue weighted by atomic mass is 9.95. The molecule has 4 aliphatic rings. The van der Waals surface area contributed by atoms with E-state index in [1.165, 1.54) is 24.1 Å². The monoisotopic (exact) mass is 528 g/mol. The van der Waals surface area contributed by atoms with E-state index in [4.69, 9.17) is 9.47 Å². The Morgan fingerprint density at radius 3 is 2.49 bits per heavy atom. The van der Waals surface area contributed by atoms with Crippen molar-refractivity contribution in [1.82, 2.24) is 15.1 Å². The number of methoxy groups -OCH3 is 1. The Balaban J connectivity index is 1.10. The zero-order valence-corrected chi connectivity index (χ0v) is 23.1. The third-order valence-corrected chi connectivity index (χ3v) is 8.87. The van der Waals surface area contributed by atoms with Crippen LogP contribution in [0, 0.1) is 6.92 Å². The standard InChI is InChI=1S/C32H40N4O3/c1-23-29(6-5-7-30(23)38-2)32(37)33-25-20-27-13-14-28(21-25)36(27)31-8-3-4-15-35(31)22-24-9-11-26(12-10-24)34-16-18-39-19-17-34/h3-12,15,25,27-28,31H,13-14,16-22H2,1-2H3,(H,33,37). The minimum Gasteiger partial charge on any atom is -0.496 e. The molecule has 4 aliphatic heterocycles. The number of nitrogens with one attached hydrogen (secondary N) is 1. The Labute approximate surface area is 232 Å². The van der Waals surface area contributed by atoms with Crippen molar-refractivity contribution in [3.63, 3.8) is 0 Å². The summed E-state index contributed by atoms with van der Waals surface area (Å²) < 4.78 is 10.9. The highest BCUT2D eigenvalue weighted by Gasteiger charge is 2.45. The molecule has 3 saturated heterocycles. The van der Waals surface area contributed by atoms with Crippen molar-refractivity contribution in [2.45, 2.75) is 63.4 Å². The van der Waals surface area contributed by atoms with Crippen LogP contribution in [0.3, 0.4) is 0 Å². The highest BCUT2D eigenvalue weighted by molar-refractivity contribution is 5.96. The third kappa shape index (κ3) is 5.43. The normalized spacial score (nSPS) is 26.6. The molecule has 2 aromatic rings. The summed E-state index contributed by atoms with van der Waals surface area (Å²) >= 11 is 0. The first-order valence-corrected chi connectivity index (χ1v) is 14.3. The number of benzene rings is 2. The Morgan fingerprint density at radius 1 is 1.03 bits per heavy atom. The van der Waals surface area contributed by atoms with Crippen LogP contribution >= 0.6 is 0 Å². The minimum atomic E-state index is 0.00639. The molecule has 7 nitrogen and oxygen atoms in total. The Hall–Kier alpha value is -3.29. The maximum Gasteiger partial charge on any atom is 0.251 e. The van der Waals surface area contributed by atoms with Crippen molar-refractivity contribution in [3.8, 4) is 5.75 Å². The SMILES string of the molecule is COc1cccc(C(=O)NC2CC3CCC(C2)N3C2C=CC=CN2Cc2ccc(N3CCOCC3)cc2)c1C. The van der Waals surface area contributed by atoms with Crippen LogP contribution in [-0.2, 0) is 11.3 Å². The second-order valence-corrected chi connectivity index (χ2v) is 11.2. The highest BCUT2D eigenvalue weighted by Crippen LogP contribution is 2.39. The zero-order chi connectivity index (χ0) is 26.8. The van der Waals surface area contributed by atoms with Crippen molar-refractivity contribution in [1.29, 1.82) is 0 Å². The quantitative estimate of drug-likeness (QED) is 0.572. The first kappa shape index (κ1) is 26.0. The number of hydrogen-bond donors (Lipinski definition) is 1. The van der Waals surface area contributed by atoms with E-state index in [0.717, 1.165) is 57.0 Å². The number of anilines is 1. The van der Waals surface area contributed by atoms with Crippen LogP contribution in [0.1, 0.15) is 47.2 Å². The van der Waals surface area contributed by atoms with Gasteiger partial charge in [-0.1, -0.05) is 24.3 Å². The van der Waals surface area contributed by atoms with E-state index in [-0.39, 0.29) is 18.1 Å². The van der Waals surface area contributed by atoms with Crippen molar-refractivity contribution >= 4 is 11.6 Å². The van der Waals surface area contributed by atoms with Crippen LogP contribution in [-0.4, -0.2) is 73.4 Å². The number of piperidine rings is 1. The molecule has 3 unspecified atom stereocenters. The summed E-state index contributed by atoms with van der Waals surface area (Å²) in [4.78, 5) is 20.8. The van der Waals surface area contributed by atoms with Gasteiger partial charge in [-0.25, -0.2) is 0 Å². The topological polar surface area (TPSA) is 57.3 Å². The van der Waals surface area contributed by atoms with Gasteiger partial charge in [-0.15, -0.1) is 0 Å². The number of ether oxygens (including phenoxy) is 2. The molecular weight excluding hydrogens is 488 g/mol. The molecule has 4 heterocycles. The average molecular weight is 529 g/mol. The molecule has 0 spiro atoms. The molecule has 0 radical (unpaired) electrons. The van der Waals surface area contributed by atoms with Gasteiger partial charge in [-0.2, -0.15) is 0 Å². The molecule has 3 fully saturated rings. The zero-order valence-electron chi connectivity index (χ0n) is 23.1. The second-order valence-electron chi connectivity index (χ2n) is 11.2. The van der Waals surface area contributed by atoms with Crippen LogP contribution in [0.5, 0.6) is 5.75 Å². The predicted molar refractivity (Wildman–Crippen MR) is 154 cm³/mol. The van der Waals surface area contributed by atoms with Gasteiger partial charge in [0.15, 0.2) is 0 Å². The van der Waals surface area contributed by atoms with Crippen molar-refractivity contribution in [2.24, 2.45) is 0 Å². The number of rotatable bonds is 7. The molecular formula is C32H40N4O3. The molecule has 2 bridgehead atoms. The van der Waals surface area contributed by atoms with Crippen molar-refractivity contribution in [3.05, 3.63) is 83.6 Å². The summed E-state index contributed by atoms with van der Waals surface area (Å²) in [5.41, 5.74) is 4.19. The predicted octanol–water partition coefficient (Wildman–Crippen LogP) is 4.48. The number of carbonyl (C=O) groups is 1. The number of morpholine rings is 1. The van der Waals surface area contributed by atoms with Crippen molar-refractivity contribution in [2.75, 3.05) is 38.3 Å². The molecule has 206 valence electrons. The van der Waals surface area contributed by atoms with Crippen LogP contribution < -0.4 is 15.0 Å². The van der Waals surface area contributed by atoms with Gasteiger partial charge in [0.2, 0.25) is 0 Å². The number of amides is 1. The summed E-state index contributed by atoms with van der Waals surface area (Å²) in [6.07, 6.45) is 13.5. The molecule has 0 saturated carbocycles. The molecule has 0 aromatic heterocycles. The summed E-state index contributed by atoms with van der Waals surface area (Å²) in [6, 6.07) is 15.9. The molecule has 1 amide bonds. The van der Waals surface area contributed by atoms with E-state index < -0.39 is 0 Å². The number of fused-ring (bicyclic) bond motifs is 2. The molecule has 1 N–H and O–H groups in total. The van der Waals surface area contributed by atoms with Gasteiger partial charge in [0, 0.05) is 60.8 Å². The fourth-order valence-corrected chi connectivity index (χ4v) is 6.89. The van der Waals surface area contributed by atoms with Gasteiger partial charge in [0.05, 0.1) is 20.3 Å². The maximum absolute atomic E-state index is 13.2. The number of carbonyl (C=O) groups excluding carboxylic acids is 1. The largest absolute Gasteiger partial charge is 0.496 e. The lowest BCUT2D eigenvalue weighted by Gasteiger charge is -2.47. The highest BCUT2D eigenvalue weighted by atomic mass is 16.5. The fourth-order valence-electron chi connectivity index (χ4n) is 6.89. The summed E-state index contributed by atoms with van der Waals surface area (Å²) in [5.74, 6) is 0.761. The number of hydrogen-bond acceptors (Lipinski definition) is 6. The smallest absolute Gasteiger partial charge is 0.251 e. The Bertz CT molecular complexity index is 1210. The van der Waals surface area contributed by atoms with Crippen LogP contribution in [0.25, 0.3) is 0 Å². The van der Waals surface area contributed by atoms with Crippen LogP contribution in [0.15, 0.2) is 66.9 Å². The Morgan fingerprint density at radius 2 is 1.77 bits per heavy atom. The fraction of sp³-hybridized carbons (Fsp3) is 0.469. The number of allylic oxidation sites excluding steroid dienone is 2. The molecule has 0 aliphatic carbocycles. The minimum absolute atomic E-state index is 0.00639. The first-order chi connectivity index (χ1) is 19.1. The lowest BCUT2D eigenvalue weighted by Crippen LogP contribution is -2.57. The van der Waals surface area contributed by atoms with E-state index in [2.05, 4.69) is 68.7 Å². The van der Waals surface area contributed by atoms with E-state index in [9.17, 15) is 4.79 Å². The van der Waals surface area contributed by atoms with Gasteiger partial charge in [0.25, 0.3) is 5.91 Å². The van der Waals surface area contributed by atoms with E-state index in [1.807, 2.05) is 25.1 Å². The van der Waals surface area contributed by atoms with Gasteiger partial charge in [-0.05, 0) is 74.6 Å². The molecule has 39 heavy (non-hydrogen) atoms. The number of nitrogens with zero attached hydrogens (tertiary/aromatic N) is 3. The van der Waals surface area contributed by atoms with Gasteiger partial charge in [0.1, 0.15) is 11.9 Å². The lowest BCUT2D eigenvalue weighted by molar-refractivity contribution is 0.0226. The van der Waals surface area contributed by atoms with Gasteiger partial charge >= 0.3 is 0 Å². The first-order valence-electron chi connectivity index (χ1n) is 14.3. The van der Waals surface area contributed by atoms with Crippen LogP contribution in [0.4, 0.5) is 5.69 Å². The molecule has 7 heteroatoms. The van der Waals surface area contributed by atoms with Gasteiger partial charge in [-0.3, -0.25) is 9.69 Å². The summed E-state index contributed by atoms with van der Waals surface area (Å²) in [5, 5.41) is 3.36. The molecule has 3 atom stereocenters. The van der Waals surface area contributed by atoms with E-state index in [0.29, 0.717) is 17.6 Å². The van der Waals surface area contributed by atoms with Crippen molar-refractivity contribution < 1.29 is 14.3 Å². The van der Waals surface area contributed by atoms with E-state index in [1.54, 1.807) is 7.11 Å². The average Bonchev–Trinajstić information content (AvgIpc) is 3.23. The van der Waals surface area contributed by atoms with E-state index >= 15 is 0 Å². The second kappa shape index (κ2) is 11.4. The molecule has 6 rings (SSSR count). The molecule has 2 aromatic carbocycles. The third-order valence-electron chi connectivity index (χ3n) is 8.87. The van der Waals surface area contributed by atoms with Crippen LogP contribution in [0.2, 0.25) is 0 Å². The van der Waals surface area contributed by atoms with Gasteiger partial charge < -0.3 is 24.6 Å².